The van der Waals surface area contributed by atoms with Crippen LogP contribution in [-0.2, 0) is 19.9 Å². The highest BCUT2D eigenvalue weighted by atomic mass is 32.2. The van der Waals surface area contributed by atoms with Gasteiger partial charge in [0.1, 0.15) is 5.75 Å². The molecule has 8 nitrogen and oxygen atoms in total. The summed E-state index contributed by atoms with van der Waals surface area (Å²) < 4.78 is 93.4. The zero-order valence-electron chi connectivity index (χ0n) is 17.5. The lowest BCUT2D eigenvalue weighted by molar-refractivity contribution is -0.0436. The number of ether oxygens (including phenoxy) is 1. The van der Waals surface area contributed by atoms with Crippen LogP contribution in [0.2, 0.25) is 0 Å². The van der Waals surface area contributed by atoms with Crippen LogP contribution in [0.15, 0.2) is 52.3 Å². The Kier molecular flexibility index (Phi) is 7.27. The Hall–Kier alpha value is -2.64. The Balaban J connectivity index is 2.45. The maximum absolute atomic E-state index is 12.9. The van der Waals surface area contributed by atoms with Crippen molar-refractivity contribution >= 4 is 31.5 Å². The van der Waals surface area contributed by atoms with E-state index in [9.17, 15) is 34.8 Å². The van der Waals surface area contributed by atoms with E-state index in [1.54, 1.807) is 13.8 Å². The zero-order valence-corrected chi connectivity index (χ0v) is 19.1. The fraction of sp³-hybridized carbons (Fsp3) is 0.316. The van der Waals surface area contributed by atoms with Crippen molar-refractivity contribution in [3.63, 3.8) is 0 Å². The van der Waals surface area contributed by atoms with Gasteiger partial charge in [-0.15, -0.1) is 0 Å². The maximum atomic E-state index is 12.9. The number of sulfone groups is 1. The number of hydrogen-bond acceptors (Lipinski definition) is 6. The number of rotatable bonds is 7. The predicted molar refractivity (Wildman–Crippen MR) is 111 cm³/mol. The molecule has 13 heteroatoms. The van der Waals surface area contributed by atoms with Crippen molar-refractivity contribution in [3.05, 3.63) is 48.0 Å². The standard InChI is InChI=1S/C19H21F3N2O6S2/c1-12(2)24(3)32(28,29)15-7-5-6-13(10-15)18(25)23-16-11-14(8-9-17(16)30-4)31(26,27)19(20,21)22/h5-12H,1-4H3,(H,23,25). The Labute approximate surface area is 184 Å². The molecule has 0 unspecified atom stereocenters. The lowest BCUT2D eigenvalue weighted by atomic mass is 10.2. The van der Waals surface area contributed by atoms with E-state index in [0.29, 0.717) is 12.1 Å². The maximum Gasteiger partial charge on any atom is 0.501 e. The molecule has 0 radical (unpaired) electrons. The normalized spacial score (nSPS) is 12.8. The van der Waals surface area contributed by atoms with Crippen LogP contribution in [0.1, 0.15) is 24.2 Å². The zero-order chi connectivity index (χ0) is 24.5. The fourth-order valence-electron chi connectivity index (χ4n) is 2.52. The van der Waals surface area contributed by atoms with Gasteiger partial charge in [0, 0.05) is 18.7 Å². The highest BCUT2D eigenvalue weighted by molar-refractivity contribution is 7.92. The molecule has 0 aliphatic carbocycles. The van der Waals surface area contributed by atoms with Crippen molar-refractivity contribution < 1.29 is 39.5 Å². The molecule has 2 aromatic carbocycles. The third kappa shape index (κ3) is 5.05. The third-order valence-electron chi connectivity index (χ3n) is 4.53. The van der Waals surface area contributed by atoms with Gasteiger partial charge in [0.2, 0.25) is 10.0 Å². The SMILES string of the molecule is COc1ccc(S(=O)(=O)C(F)(F)F)cc1NC(=O)c1cccc(S(=O)(=O)N(C)C(C)C)c1. The van der Waals surface area contributed by atoms with E-state index >= 15 is 0 Å². The molecule has 0 saturated heterocycles. The number of benzene rings is 2. The molecule has 0 aromatic heterocycles. The molecule has 32 heavy (non-hydrogen) atoms. The number of alkyl halides is 3. The molecule has 2 aromatic rings. The molecule has 0 aliphatic heterocycles. The lowest BCUT2D eigenvalue weighted by Gasteiger charge is -2.21. The summed E-state index contributed by atoms with van der Waals surface area (Å²) in [5, 5.41) is 2.27. The fourth-order valence-corrected chi connectivity index (χ4v) is 4.72. The molecule has 1 N–H and O–H groups in total. The summed E-state index contributed by atoms with van der Waals surface area (Å²) in [7, 11) is -7.00. The average Bonchev–Trinajstić information content (AvgIpc) is 2.72. The Morgan fingerprint density at radius 2 is 1.66 bits per heavy atom. The molecule has 0 spiro atoms. The van der Waals surface area contributed by atoms with Crippen LogP contribution in [0, 0.1) is 0 Å². The van der Waals surface area contributed by atoms with Gasteiger partial charge in [0.25, 0.3) is 15.7 Å². The minimum atomic E-state index is -5.66. The first-order valence-corrected chi connectivity index (χ1v) is 11.9. The van der Waals surface area contributed by atoms with Crippen molar-refractivity contribution in [1.82, 2.24) is 4.31 Å². The van der Waals surface area contributed by atoms with Crippen molar-refractivity contribution in [1.29, 1.82) is 0 Å². The number of carbonyl (C=O) groups is 1. The summed E-state index contributed by atoms with van der Waals surface area (Å²) in [6, 6.07) is 6.96. The summed E-state index contributed by atoms with van der Waals surface area (Å²) in [4.78, 5) is 11.4. The summed E-state index contributed by atoms with van der Waals surface area (Å²) >= 11 is 0. The van der Waals surface area contributed by atoms with Gasteiger partial charge in [-0.05, 0) is 50.2 Å². The van der Waals surface area contributed by atoms with E-state index < -0.39 is 36.2 Å². The first-order valence-electron chi connectivity index (χ1n) is 9.01. The van der Waals surface area contributed by atoms with Crippen LogP contribution in [0.4, 0.5) is 18.9 Å². The van der Waals surface area contributed by atoms with Gasteiger partial charge in [-0.3, -0.25) is 4.79 Å². The van der Waals surface area contributed by atoms with E-state index in [4.69, 9.17) is 4.74 Å². The molecule has 0 bridgehead atoms. The van der Waals surface area contributed by atoms with E-state index in [0.717, 1.165) is 16.4 Å². The highest BCUT2D eigenvalue weighted by Gasteiger charge is 2.47. The number of carbonyl (C=O) groups excluding carboxylic acids is 1. The number of nitrogens with zero attached hydrogens (tertiary/aromatic N) is 1. The smallest absolute Gasteiger partial charge is 0.495 e. The Morgan fingerprint density at radius 3 is 2.19 bits per heavy atom. The number of methoxy groups -OCH3 is 1. The molecular formula is C19H21F3N2O6S2. The lowest BCUT2D eigenvalue weighted by Crippen LogP contribution is -2.33. The van der Waals surface area contributed by atoms with Gasteiger partial charge in [-0.1, -0.05) is 6.07 Å². The van der Waals surface area contributed by atoms with Gasteiger partial charge < -0.3 is 10.1 Å². The minimum absolute atomic E-state index is 0.0946. The van der Waals surface area contributed by atoms with Gasteiger partial charge in [-0.2, -0.15) is 17.5 Å². The van der Waals surface area contributed by atoms with Gasteiger partial charge >= 0.3 is 5.51 Å². The van der Waals surface area contributed by atoms with E-state index in [2.05, 4.69) is 5.32 Å². The molecule has 1 amide bonds. The number of anilines is 1. The van der Waals surface area contributed by atoms with Crippen molar-refractivity contribution in [3.8, 4) is 5.75 Å². The first-order chi connectivity index (χ1) is 14.6. The summed E-state index contributed by atoms with van der Waals surface area (Å²) in [5.41, 5.74) is -5.99. The van der Waals surface area contributed by atoms with Crippen molar-refractivity contribution in [2.75, 3.05) is 19.5 Å². The Morgan fingerprint density at radius 1 is 1.03 bits per heavy atom. The van der Waals surface area contributed by atoms with Crippen LogP contribution in [0.5, 0.6) is 5.75 Å². The molecule has 0 saturated carbocycles. The van der Waals surface area contributed by atoms with Crippen LogP contribution < -0.4 is 10.1 Å². The molecular weight excluding hydrogens is 473 g/mol. The monoisotopic (exact) mass is 494 g/mol. The quantitative estimate of drug-likeness (QED) is 0.633. The number of nitrogens with one attached hydrogen (secondary N) is 1. The second kappa shape index (κ2) is 9.08. The van der Waals surface area contributed by atoms with E-state index in [1.807, 2.05) is 0 Å². The molecule has 176 valence electrons. The first kappa shape index (κ1) is 25.6. The van der Waals surface area contributed by atoms with Crippen LogP contribution in [0.3, 0.4) is 0 Å². The van der Waals surface area contributed by atoms with Crippen LogP contribution in [0.25, 0.3) is 0 Å². The summed E-state index contributed by atoms with van der Waals surface area (Å²) in [6.45, 7) is 3.34. The average molecular weight is 495 g/mol. The molecule has 2 rings (SSSR count). The number of hydrogen-bond donors (Lipinski definition) is 1. The predicted octanol–water partition coefficient (Wildman–Crippen LogP) is 3.27. The van der Waals surface area contributed by atoms with Crippen molar-refractivity contribution in [2.24, 2.45) is 0 Å². The summed E-state index contributed by atoms with van der Waals surface area (Å²) in [5.74, 6) is -0.975. The van der Waals surface area contributed by atoms with Crippen molar-refractivity contribution in [2.45, 2.75) is 35.2 Å². The van der Waals surface area contributed by atoms with Gasteiger partial charge in [-0.25, -0.2) is 16.8 Å². The van der Waals surface area contributed by atoms with Crippen LogP contribution in [-0.4, -0.2) is 52.8 Å². The molecule has 0 atom stereocenters. The second-order valence-electron chi connectivity index (χ2n) is 6.91. The largest absolute Gasteiger partial charge is 0.501 e. The van der Waals surface area contributed by atoms with Gasteiger partial charge in [0.15, 0.2) is 0 Å². The Bertz CT molecular complexity index is 1230. The number of sulfonamides is 1. The highest BCUT2D eigenvalue weighted by Crippen LogP contribution is 2.35. The topological polar surface area (TPSA) is 110 Å². The molecule has 0 heterocycles. The van der Waals surface area contributed by atoms with E-state index in [1.165, 1.54) is 32.4 Å². The molecule has 0 fully saturated rings. The summed E-state index contributed by atoms with van der Waals surface area (Å²) in [6.07, 6.45) is 0. The minimum Gasteiger partial charge on any atom is -0.495 e. The second-order valence-corrected chi connectivity index (χ2v) is 10.8. The third-order valence-corrected chi connectivity index (χ3v) is 8.05. The van der Waals surface area contributed by atoms with Gasteiger partial charge in [0.05, 0.1) is 22.6 Å². The number of amides is 1. The van der Waals surface area contributed by atoms with E-state index in [-0.39, 0.29) is 27.9 Å². The molecule has 0 aliphatic rings. The van der Waals surface area contributed by atoms with Crippen LogP contribution >= 0.6 is 0 Å². The number of halogens is 3.